The van der Waals surface area contributed by atoms with Crippen LogP contribution < -0.4 is 21.4 Å². The molecule has 49 heavy (non-hydrogen) atoms. The number of ether oxygens (including phenoxy) is 1. The fraction of sp³-hybridized carbons (Fsp3) is 0.629. The average Bonchev–Trinajstić information content (AvgIpc) is 3.65. The van der Waals surface area contributed by atoms with E-state index in [1.54, 1.807) is 6.08 Å². The van der Waals surface area contributed by atoms with Gasteiger partial charge in [0.05, 0.1) is 23.3 Å². The molecule has 1 aromatic rings. The van der Waals surface area contributed by atoms with Crippen LogP contribution in [0.25, 0.3) is 5.70 Å². The number of nitrogens with zero attached hydrogens (tertiary/aromatic N) is 1. The molecule has 1 aromatic carbocycles. The quantitative estimate of drug-likeness (QED) is 0.242. The third kappa shape index (κ3) is 8.98. The van der Waals surface area contributed by atoms with E-state index >= 15 is 0 Å². The van der Waals surface area contributed by atoms with Crippen LogP contribution in [0.2, 0.25) is 5.02 Å². The Hall–Kier alpha value is -3.55. The van der Waals surface area contributed by atoms with Crippen molar-refractivity contribution in [3.63, 3.8) is 0 Å². The zero-order valence-electron chi connectivity index (χ0n) is 28.5. The number of hydrogen-bond donors (Lipinski definition) is 4. The summed E-state index contributed by atoms with van der Waals surface area (Å²) >= 11 is 6.03. The normalized spacial score (nSPS) is 23.8. The van der Waals surface area contributed by atoms with Crippen LogP contribution in [0.5, 0.6) is 0 Å². The van der Waals surface area contributed by atoms with Gasteiger partial charge in [0.2, 0.25) is 23.5 Å². The first-order valence-corrected chi connectivity index (χ1v) is 17.5. The number of Topliss-reactive ketones (excluding diaryl/α,β-unsaturated/α-hetero) is 1. The Kier molecular flexibility index (Phi) is 11.3. The second-order valence-electron chi connectivity index (χ2n) is 14.7. The second-order valence-corrected chi connectivity index (χ2v) is 15.1. The van der Waals surface area contributed by atoms with Crippen molar-refractivity contribution in [2.45, 2.75) is 109 Å². The minimum Gasteiger partial charge on any atom is -0.381 e. The van der Waals surface area contributed by atoms with Gasteiger partial charge < -0.3 is 25.6 Å². The third-order valence-corrected chi connectivity index (χ3v) is 9.81. The number of carbonyl (C=O) groups is 5. The number of likely N-dealkylation sites (tertiary alicyclic amines) is 1. The Balaban J connectivity index is 1.41. The van der Waals surface area contributed by atoms with E-state index in [2.05, 4.69) is 21.4 Å². The highest BCUT2D eigenvalue weighted by molar-refractivity contribution is 6.38. The smallest absolute Gasteiger partial charge is 0.289 e. The summed E-state index contributed by atoms with van der Waals surface area (Å²) in [6.07, 6.45) is 5.87. The summed E-state index contributed by atoms with van der Waals surface area (Å²) in [7, 11) is 0. The summed E-state index contributed by atoms with van der Waals surface area (Å²) < 4.78 is 19.3. The standard InChI is InChI=1S/C35H47ClFN5O7/c1-5-6-25(29(44)32(46)38-22-8-9-22)39-31(45)27-18-35(17-26(41-49-35)21-7-10-24(37)23(36)16-21)19-42(27)33(47)30(34(2,3)4)40-28(43)15-20-11-13-48-14-12-20/h7,10,16-17,20,22,25,27,30,41H,5-6,8-9,11-15,18-19H2,1-4H3,(H,38,46)(H,39,45)(H,40,43)/t25-,27-,30+,35+/m0/s1. The van der Waals surface area contributed by atoms with Crippen molar-refractivity contribution >= 4 is 46.7 Å². The molecule has 4 aliphatic rings. The molecule has 3 heterocycles. The lowest BCUT2D eigenvalue weighted by Crippen LogP contribution is -2.59. The molecule has 0 bridgehead atoms. The van der Waals surface area contributed by atoms with E-state index in [0.29, 0.717) is 30.9 Å². The number of nitrogens with one attached hydrogen (secondary N) is 4. The predicted octanol–water partition coefficient (Wildman–Crippen LogP) is 3.17. The molecule has 4 N–H and O–H groups in total. The number of rotatable bonds is 12. The molecule has 0 aromatic heterocycles. The van der Waals surface area contributed by atoms with E-state index in [1.165, 1.54) is 23.1 Å². The average molecular weight is 704 g/mol. The summed E-state index contributed by atoms with van der Waals surface area (Å²) in [5.41, 5.74) is 1.95. The molecule has 268 valence electrons. The Bertz CT molecular complexity index is 1490. The lowest BCUT2D eigenvalue weighted by Gasteiger charge is -2.36. The van der Waals surface area contributed by atoms with Crippen molar-refractivity contribution in [2.24, 2.45) is 11.3 Å². The molecule has 4 amide bonds. The second kappa shape index (κ2) is 15.1. The number of ketones is 1. The lowest BCUT2D eigenvalue weighted by molar-refractivity contribution is -0.145. The molecule has 0 unspecified atom stereocenters. The van der Waals surface area contributed by atoms with Gasteiger partial charge in [-0.3, -0.25) is 34.3 Å². The van der Waals surface area contributed by atoms with E-state index in [1.807, 2.05) is 27.7 Å². The molecular weight excluding hydrogens is 657 g/mol. The summed E-state index contributed by atoms with van der Waals surface area (Å²) in [5.74, 6) is -3.29. The molecule has 12 nitrogen and oxygen atoms in total. The van der Waals surface area contributed by atoms with Crippen LogP contribution in [0.3, 0.4) is 0 Å². The molecule has 3 fully saturated rings. The molecule has 3 aliphatic heterocycles. The fourth-order valence-corrected chi connectivity index (χ4v) is 6.72. The molecule has 0 radical (unpaired) electrons. The van der Waals surface area contributed by atoms with Gasteiger partial charge in [0, 0.05) is 37.7 Å². The van der Waals surface area contributed by atoms with Crippen LogP contribution in [-0.4, -0.2) is 83.8 Å². The van der Waals surface area contributed by atoms with Crippen molar-refractivity contribution in [3.05, 3.63) is 40.7 Å². The van der Waals surface area contributed by atoms with E-state index < -0.39 is 58.5 Å². The topological polar surface area (TPSA) is 155 Å². The number of hydrogen-bond acceptors (Lipinski definition) is 8. The lowest BCUT2D eigenvalue weighted by atomic mass is 9.85. The summed E-state index contributed by atoms with van der Waals surface area (Å²) in [4.78, 5) is 75.1. The van der Waals surface area contributed by atoms with Crippen LogP contribution in [0.15, 0.2) is 24.3 Å². The molecule has 1 spiro atoms. The predicted molar refractivity (Wildman–Crippen MR) is 179 cm³/mol. The van der Waals surface area contributed by atoms with Crippen molar-refractivity contribution in [1.29, 1.82) is 0 Å². The molecule has 1 aliphatic carbocycles. The molecule has 5 rings (SSSR count). The first-order chi connectivity index (χ1) is 23.2. The van der Waals surface area contributed by atoms with Gasteiger partial charge in [-0.15, -0.1) is 0 Å². The monoisotopic (exact) mass is 703 g/mol. The highest BCUT2D eigenvalue weighted by Crippen LogP contribution is 2.39. The van der Waals surface area contributed by atoms with E-state index in [4.69, 9.17) is 21.2 Å². The van der Waals surface area contributed by atoms with Crippen LogP contribution in [0, 0.1) is 17.2 Å². The van der Waals surface area contributed by atoms with Gasteiger partial charge in [-0.25, -0.2) is 4.39 Å². The van der Waals surface area contributed by atoms with Crippen LogP contribution in [0.4, 0.5) is 4.39 Å². The van der Waals surface area contributed by atoms with E-state index in [0.717, 1.165) is 25.7 Å². The maximum atomic E-state index is 14.5. The Morgan fingerprint density at radius 2 is 1.82 bits per heavy atom. The number of hydroxylamine groups is 1. The van der Waals surface area contributed by atoms with Crippen LogP contribution in [-0.2, 0) is 33.5 Å². The molecule has 1 saturated carbocycles. The largest absolute Gasteiger partial charge is 0.381 e. The van der Waals surface area contributed by atoms with Gasteiger partial charge in [0.1, 0.15) is 23.5 Å². The first-order valence-electron chi connectivity index (χ1n) is 17.1. The van der Waals surface area contributed by atoms with Crippen molar-refractivity contribution in [3.8, 4) is 0 Å². The summed E-state index contributed by atoms with van der Waals surface area (Å²) in [5, 5.41) is 8.32. The molecule has 2 saturated heterocycles. The number of amides is 4. The number of benzene rings is 1. The zero-order chi connectivity index (χ0) is 35.5. The zero-order valence-corrected chi connectivity index (χ0v) is 29.3. The number of halogens is 2. The van der Waals surface area contributed by atoms with E-state index in [9.17, 15) is 28.4 Å². The maximum Gasteiger partial charge on any atom is 0.289 e. The minimum atomic E-state index is -1.18. The first kappa shape index (κ1) is 36.7. The highest BCUT2D eigenvalue weighted by Gasteiger charge is 2.54. The molecular formula is C35H47ClFN5O7. The SMILES string of the molecule is CCC[C@H](NC(=O)[C@@H]1C[C@]2(C=C(c3ccc(F)c(Cl)c3)NO2)CN1C(=O)[C@@H](NC(=O)CC1CCOCC1)C(C)(C)C)C(=O)C(=O)NC1CC1. The van der Waals surface area contributed by atoms with Gasteiger partial charge >= 0.3 is 0 Å². The Morgan fingerprint density at radius 3 is 2.45 bits per heavy atom. The van der Waals surface area contributed by atoms with Gasteiger partial charge in [0.15, 0.2) is 0 Å². The highest BCUT2D eigenvalue weighted by atomic mass is 35.5. The third-order valence-electron chi connectivity index (χ3n) is 9.52. The summed E-state index contributed by atoms with van der Waals surface area (Å²) in [6.45, 7) is 8.46. The molecule has 4 atom stereocenters. The van der Waals surface area contributed by atoms with E-state index in [-0.39, 0.29) is 48.7 Å². The van der Waals surface area contributed by atoms with Gasteiger partial charge in [-0.1, -0.05) is 45.7 Å². The van der Waals surface area contributed by atoms with Crippen LogP contribution in [0.1, 0.15) is 84.6 Å². The Morgan fingerprint density at radius 1 is 1.10 bits per heavy atom. The minimum absolute atomic E-state index is 0.00416. The van der Waals surface area contributed by atoms with Crippen LogP contribution >= 0.6 is 11.6 Å². The van der Waals surface area contributed by atoms with Crippen molar-refractivity contribution in [1.82, 2.24) is 26.3 Å². The van der Waals surface area contributed by atoms with Crippen molar-refractivity contribution < 1.29 is 37.9 Å². The van der Waals surface area contributed by atoms with Gasteiger partial charge in [0.25, 0.3) is 5.91 Å². The summed E-state index contributed by atoms with van der Waals surface area (Å²) in [6, 6.07) is 0.982. The maximum absolute atomic E-state index is 14.5. The van der Waals surface area contributed by atoms with Crippen molar-refractivity contribution in [2.75, 3.05) is 19.8 Å². The number of carbonyl (C=O) groups excluding carboxylic acids is 5. The molecule has 14 heteroatoms. The van der Waals surface area contributed by atoms with Gasteiger partial charge in [-0.2, -0.15) is 0 Å². The Labute approximate surface area is 291 Å². The fourth-order valence-electron chi connectivity index (χ4n) is 6.54. The van der Waals surface area contributed by atoms with Gasteiger partial charge in [-0.05, 0) is 67.7 Å².